The molecule has 1 aromatic heterocycles. The number of hydrogen-bond donors (Lipinski definition) is 1. The fourth-order valence-electron chi connectivity index (χ4n) is 2.48. The van der Waals surface area contributed by atoms with Crippen molar-refractivity contribution in [1.29, 1.82) is 0 Å². The maximum Gasteiger partial charge on any atom is 0.340 e. The Morgan fingerprint density at radius 3 is 2.90 bits per heavy atom. The molecule has 2 atom stereocenters. The van der Waals surface area contributed by atoms with E-state index < -0.39 is 5.97 Å². The quantitative estimate of drug-likeness (QED) is 0.853. The molecule has 20 heavy (non-hydrogen) atoms. The monoisotopic (exact) mass is 276 g/mol. The largest absolute Gasteiger partial charge is 0.452 e. The topological polar surface area (TPSA) is 68.3 Å². The molecule has 0 saturated heterocycles. The summed E-state index contributed by atoms with van der Waals surface area (Å²) in [5.41, 5.74) is 0.353. The van der Waals surface area contributed by atoms with Crippen LogP contribution in [0.15, 0.2) is 24.5 Å². The minimum Gasteiger partial charge on any atom is -0.452 e. The molecule has 108 valence electrons. The summed E-state index contributed by atoms with van der Waals surface area (Å²) in [5.74, 6) is -0.271. The second-order valence-corrected chi connectivity index (χ2v) is 5.25. The number of nitrogens with zero attached hydrogens (tertiary/aromatic N) is 1. The van der Waals surface area contributed by atoms with E-state index in [2.05, 4.69) is 17.2 Å². The molecule has 1 saturated carbocycles. The van der Waals surface area contributed by atoms with Gasteiger partial charge in [-0.1, -0.05) is 19.8 Å². The maximum atomic E-state index is 11.8. The van der Waals surface area contributed by atoms with Crippen LogP contribution in [0.5, 0.6) is 0 Å². The second-order valence-electron chi connectivity index (χ2n) is 5.25. The highest BCUT2D eigenvalue weighted by atomic mass is 16.5. The number of carbonyl (C=O) groups is 2. The first-order chi connectivity index (χ1) is 9.66. The van der Waals surface area contributed by atoms with E-state index >= 15 is 0 Å². The molecule has 1 fully saturated rings. The summed E-state index contributed by atoms with van der Waals surface area (Å²) >= 11 is 0. The third-order valence-electron chi connectivity index (χ3n) is 3.69. The molecule has 2 rings (SSSR count). The first-order valence-electron chi connectivity index (χ1n) is 7.03. The van der Waals surface area contributed by atoms with Gasteiger partial charge in [-0.25, -0.2) is 4.79 Å². The van der Waals surface area contributed by atoms with Crippen LogP contribution in [-0.4, -0.2) is 29.5 Å². The van der Waals surface area contributed by atoms with E-state index in [4.69, 9.17) is 4.74 Å². The fourth-order valence-corrected chi connectivity index (χ4v) is 2.48. The van der Waals surface area contributed by atoms with Crippen LogP contribution >= 0.6 is 0 Å². The molecule has 0 aliphatic heterocycles. The lowest BCUT2D eigenvalue weighted by atomic mass is 9.86. The zero-order valence-electron chi connectivity index (χ0n) is 11.7. The molecule has 1 aliphatic carbocycles. The third kappa shape index (κ3) is 4.05. The van der Waals surface area contributed by atoms with Gasteiger partial charge < -0.3 is 10.1 Å². The van der Waals surface area contributed by atoms with Crippen LogP contribution in [0.4, 0.5) is 0 Å². The van der Waals surface area contributed by atoms with E-state index in [9.17, 15) is 9.59 Å². The van der Waals surface area contributed by atoms with Crippen molar-refractivity contribution in [2.45, 2.75) is 38.6 Å². The van der Waals surface area contributed by atoms with Crippen molar-refractivity contribution in [2.24, 2.45) is 5.92 Å². The average molecular weight is 276 g/mol. The minimum absolute atomic E-state index is 0.202. The van der Waals surface area contributed by atoms with Gasteiger partial charge in [-0.2, -0.15) is 0 Å². The van der Waals surface area contributed by atoms with E-state index in [0.717, 1.165) is 19.3 Å². The van der Waals surface area contributed by atoms with Gasteiger partial charge in [0.25, 0.3) is 5.91 Å². The Balaban J connectivity index is 1.76. The van der Waals surface area contributed by atoms with Gasteiger partial charge >= 0.3 is 5.97 Å². The van der Waals surface area contributed by atoms with Gasteiger partial charge in [0.1, 0.15) is 0 Å². The second kappa shape index (κ2) is 7.03. The highest BCUT2D eigenvalue weighted by Gasteiger charge is 2.23. The smallest absolute Gasteiger partial charge is 0.340 e. The van der Waals surface area contributed by atoms with Crippen molar-refractivity contribution >= 4 is 11.9 Å². The Labute approximate surface area is 118 Å². The lowest BCUT2D eigenvalue weighted by Gasteiger charge is -2.29. The summed E-state index contributed by atoms with van der Waals surface area (Å²) in [7, 11) is 0. The Morgan fingerprint density at radius 1 is 1.40 bits per heavy atom. The number of rotatable bonds is 4. The molecular formula is C15H20N2O3. The van der Waals surface area contributed by atoms with E-state index in [0.29, 0.717) is 11.5 Å². The summed E-state index contributed by atoms with van der Waals surface area (Å²) < 4.78 is 4.98. The van der Waals surface area contributed by atoms with Crippen LogP contribution in [0.25, 0.3) is 0 Å². The molecule has 0 unspecified atom stereocenters. The third-order valence-corrected chi connectivity index (χ3v) is 3.69. The molecule has 1 N–H and O–H groups in total. The van der Waals surface area contributed by atoms with Gasteiger partial charge in [-0.05, 0) is 30.9 Å². The van der Waals surface area contributed by atoms with Gasteiger partial charge in [0, 0.05) is 18.4 Å². The summed E-state index contributed by atoms with van der Waals surface area (Å²) in [5, 5.41) is 2.94. The summed E-state index contributed by atoms with van der Waals surface area (Å²) in [6, 6.07) is 3.46. The number of ether oxygens (including phenoxy) is 1. The van der Waals surface area contributed by atoms with Crippen molar-refractivity contribution in [3.63, 3.8) is 0 Å². The number of pyridine rings is 1. The predicted octanol–water partition coefficient (Wildman–Crippen LogP) is 1.93. The molecule has 0 spiro atoms. The molecule has 0 aromatic carbocycles. The number of esters is 1. The van der Waals surface area contributed by atoms with Crippen molar-refractivity contribution in [3.05, 3.63) is 30.1 Å². The van der Waals surface area contributed by atoms with Crippen molar-refractivity contribution in [2.75, 3.05) is 6.61 Å². The number of nitrogens with one attached hydrogen (secondary N) is 1. The van der Waals surface area contributed by atoms with Crippen LogP contribution in [0.1, 0.15) is 43.0 Å². The molecule has 1 amide bonds. The van der Waals surface area contributed by atoms with Crippen LogP contribution in [-0.2, 0) is 9.53 Å². The lowest BCUT2D eigenvalue weighted by Crippen LogP contribution is -2.42. The SMILES string of the molecule is C[C@H]1CCCC[C@@H]1NC(=O)COC(=O)c1cccnc1. The van der Waals surface area contributed by atoms with Gasteiger partial charge in [0.05, 0.1) is 5.56 Å². The van der Waals surface area contributed by atoms with E-state index in [-0.39, 0.29) is 18.6 Å². The van der Waals surface area contributed by atoms with Crippen molar-refractivity contribution in [3.8, 4) is 0 Å². The Kier molecular flexibility index (Phi) is 5.09. The molecule has 1 aliphatic rings. The first-order valence-corrected chi connectivity index (χ1v) is 7.03. The first kappa shape index (κ1) is 14.5. The normalized spacial score (nSPS) is 22.1. The van der Waals surface area contributed by atoms with Crippen molar-refractivity contribution < 1.29 is 14.3 Å². The average Bonchev–Trinajstić information content (AvgIpc) is 2.48. The van der Waals surface area contributed by atoms with Crippen LogP contribution < -0.4 is 5.32 Å². The zero-order chi connectivity index (χ0) is 14.4. The summed E-state index contributed by atoms with van der Waals surface area (Å²) in [4.78, 5) is 27.3. The van der Waals surface area contributed by atoms with Gasteiger partial charge in [0.2, 0.25) is 0 Å². The standard InChI is InChI=1S/C15H20N2O3/c1-11-5-2-3-7-13(11)17-14(18)10-20-15(19)12-6-4-8-16-9-12/h4,6,8-9,11,13H,2-3,5,7,10H2,1H3,(H,17,18)/t11-,13-/m0/s1. The molecule has 1 heterocycles. The van der Waals surface area contributed by atoms with Gasteiger partial charge in [-0.3, -0.25) is 9.78 Å². The van der Waals surface area contributed by atoms with Crippen LogP contribution in [0, 0.1) is 5.92 Å². The van der Waals surface area contributed by atoms with Gasteiger partial charge in [-0.15, -0.1) is 0 Å². The lowest BCUT2D eigenvalue weighted by molar-refractivity contribution is -0.125. The Hall–Kier alpha value is -1.91. The summed E-state index contributed by atoms with van der Waals surface area (Å²) in [6.07, 6.45) is 7.51. The Bertz CT molecular complexity index is 461. The predicted molar refractivity (Wildman–Crippen MR) is 74.1 cm³/mol. The molecule has 5 heteroatoms. The highest BCUT2D eigenvalue weighted by molar-refractivity contribution is 5.90. The highest BCUT2D eigenvalue weighted by Crippen LogP contribution is 2.23. The minimum atomic E-state index is -0.523. The maximum absolute atomic E-state index is 11.8. The fraction of sp³-hybridized carbons (Fsp3) is 0.533. The van der Waals surface area contributed by atoms with Crippen LogP contribution in [0.2, 0.25) is 0 Å². The van der Waals surface area contributed by atoms with E-state index in [1.54, 1.807) is 18.3 Å². The molecule has 5 nitrogen and oxygen atoms in total. The Morgan fingerprint density at radius 2 is 2.20 bits per heavy atom. The van der Waals surface area contributed by atoms with E-state index in [1.807, 2.05) is 0 Å². The summed E-state index contributed by atoms with van der Waals surface area (Å²) in [6.45, 7) is 1.91. The molecule has 0 radical (unpaired) electrons. The molecule has 1 aromatic rings. The number of aromatic nitrogens is 1. The molecular weight excluding hydrogens is 256 g/mol. The van der Waals surface area contributed by atoms with Crippen LogP contribution in [0.3, 0.4) is 0 Å². The number of amides is 1. The van der Waals surface area contributed by atoms with Crippen molar-refractivity contribution in [1.82, 2.24) is 10.3 Å². The van der Waals surface area contributed by atoms with E-state index in [1.165, 1.54) is 12.6 Å². The molecule has 0 bridgehead atoms. The van der Waals surface area contributed by atoms with Gasteiger partial charge in [0.15, 0.2) is 6.61 Å². The number of hydrogen-bond acceptors (Lipinski definition) is 4. The zero-order valence-corrected chi connectivity index (χ0v) is 11.7. The number of carbonyl (C=O) groups excluding carboxylic acids is 2.